The average molecular weight is 373 g/mol. The van der Waals surface area contributed by atoms with E-state index in [9.17, 15) is 22.0 Å². The molecule has 2 aliphatic heterocycles. The molecule has 3 rings (SSSR count). The lowest BCUT2D eigenvalue weighted by molar-refractivity contribution is -0.135. The molecule has 1 N–H and O–H groups in total. The molecule has 2 heterocycles. The van der Waals surface area contributed by atoms with Crippen LogP contribution in [0.15, 0.2) is 23.1 Å². The molecule has 2 fully saturated rings. The molecule has 0 bridgehead atoms. The van der Waals surface area contributed by atoms with Gasteiger partial charge in [0.25, 0.3) is 0 Å². The van der Waals surface area contributed by atoms with Gasteiger partial charge in [0, 0.05) is 32.2 Å². The summed E-state index contributed by atoms with van der Waals surface area (Å²) in [5.41, 5.74) is 0. The molecule has 1 atom stereocenters. The molecule has 9 heteroatoms. The van der Waals surface area contributed by atoms with Crippen molar-refractivity contribution in [2.45, 2.75) is 30.2 Å². The molecular formula is C16H21F2N3O3S. The number of sulfonamides is 1. The predicted molar refractivity (Wildman–Crippen MR) is 87.3 cm³/mol. The van der Waals surface area contributed by atoms with Crippen LogP contribution in [0.25, 0.3) is 0 Å². The zero-order chi connectivity index (χ0) is 18.0. The van der Waals surface area contributed by atoms with Crippen LogP contribution in [-0.4, -0.2) is 62.3 Å². The second-order valence-electron chi connectivity index (χ2n) is 6.31. The van der Waals surface area contributed by atoms with Crippen molar-refractivity contribution >= 4 is 15.9 Å². The quantitative estimate of drug-likeness (QED) is 0.856. The Kier molecular flexibility index (Phi) is 5.35. The van der Waals surface area contributed by atoms with Gasteiger partial charge in [0.2, 0.25) is 15.9 Å². The van der Waals surface area contributed by atoms with Crippen molar-refractivity contribution in [3.05, 3.63) is 29.8 Å². The molecule has 2 aliphatic rings. The van der Waals surface area contributed by atoms with Gasteiger partial charge in [0.1, 0.15) is 16.5 Å². The van der Waals surface area contributed by atoms with Gasteiger partial charge in [-0.3, -0.25) is 4.79 Å². The van der Waals surface area contributed by atoms with Gasteiger partial charge in [-0.2, -0.15) is 4.31 Å². The number of halogens is 2. The fourth-order valence-corrected chi connectivity index (χ4v) is 4.72. The molecular weight excluding hydrogens is 352 g/mol. The van der Waals surface area contributed by atoms with E-state index in [0.717, 1.165) is 42.2 Å². The van der Waals surface area contributed by atoms with Crippen molar-refractivity contribution in [2.75, 3.05) is 32.7 Å². The largest absolute Gasteiger partial charge is 0.339 e. The monoisotopic (exact) mass is 373 g/mol. The van der Waals surface area contributed by atoms with Crippen LogP contribution in [0.1, 0.15) is 19.3 Å². The second kappa shape index (κ2) is 7.35. The minimum absolute atomic E-state index is 0.00953. The smallest absolute Gasteiger partial charge is 0.246 e. The summed E-state index contributed by atoms with van der Waals surface area (Å²) in [4.78, 5) is 13.6. The van der Waals surface area contributed by atoms with Gasteiger partial charge >= 0.3 is 0 Å². The van der Waals surface area contributed by atoms with Crippen LogP contribution < -0.4 is 5.32 Å². The summed E-state index contributed by atoms with van der Waals surface area (Å²) in [6.07, 6.45) is 2.85. The summed E-state index contributed by atoms with van der Waals surface area (Å²) in [5, 5.41) is 3.19. The summed E-state index contributed by atoms with van der Waals surface area (Å²) >= 11 is 0. The number of nitrogens with one attached hydrogen (secondary N) is 1. The van der Waals surface area contributed by atoms with E-state index in [-0.39, 0.29) is 38.1 Å². The summed E-state index contributed by atoms with van der Waals surface area (Å²) < 4.78 is 53.1. The lowest BCUT2D eigenvalue weighted by Gasteiger charge is -2.36. The summed E-state index contributed by atoms with van der Waals surface area (Å²) in [6, 6.07) is 2.21. The van der Waals surface area contributed by atoms with Crippen molar-refractivity contribution in [1.29, 1.82) is 0 Å². The van der Waals surface area contributed by atoms with E-state index in [1.807, 2.05) is 0 Å². The van der Waals surface area contributed by atoms with Crippen LogP contribution in [0.2, 0.25) is 0 Å². The van der Waals surface area contributed by atoms with E-state index >= 15 is 0 Å². The van der Waals surface area contributed by atoms with Gasteiger partial charge in [-0.05, 0) is 31.5 Å². The van der Waals surface area contributed by atoms with Crippen LogP contribution in [0.5, 0.6) is 0 Å². The van der Waals surface area contributed by atoms with E-state index in [1.54, 1.807) is 4.90 Å². The molecule has 2 saturated heterocycles. The molecule has 1 unspecified atom stereocenters. The van der Waals surface area contributed by atoms with Crippen LogP contribution in [0.3, 0.4) is 0 Å². The first-order valence-corrected chi connectivity index (χ1v) is 9.81. The topological polar surface area (TPSA) is 69.7 Å². The van der Waals surface area contributed by atoms with Crippen molar-refractivity contribution in [3.8, 4) is 0 Å². The van der Waals surface area contributed by atoms with Crippen molar-refractivity contribution in [3.63, 3.8) is 0 Å². The normalized spacial score (nSPS) is 22.8. The molecule has 0 aromatic heterocycles. The zero-order valence-corrected chi connectivity index (χ0v) is 14.6. The predicted octanol–water partition coefficient (Wildman–Crippen LogP) is 0.940. The minimum atomic E-state index is -4.05. The third-order valence-electron chi connectivity index (χ3n) is 4.67. The number of piperazine rings is 1. The van der Waals surface area contributed by atoms with E-state index in [2.05, 4.69) is 5.32 Å². The molecule has 6 nitrogen and oxygen atoms in total. The van der Waals surface area contributed by atoms with Gasteiger partial charge in [0.05, 0.1) is 6.04 Å². The van der Waals surface area contributed by atoms with Crippen molar-refractivity contribution < 1.29 is 22.0 Å². The van der Waals surface area contributed by atoms with Crippen LogP contribution in [0, 0.1) is 11.6 Å². The number of hydrogen-bond acceptors (Lipinski definition) is 4. The van der Waals surface area contributed by atoms with Gasteiger partial charge < -0.3 is 10.2 Å². The maximum Gasteiger partial charge on any atom is 0.246 e. The Balaban J connectivity index is 1.66. The third kappa shape index (κ3) is 3.83. The molecule has 0 saturated carbocycles. The Hall–Kier alpha value is -1.58. The molecule has 25 heavy (non-hydrogen) atoms. The average Bonchev–Trinajstić information content (AvgIpc) is 2.61. The highest BCUT2D eigenvalue weighted by Gasteiger charge is 2.34. The van der Waals surface area contributed by atoms with E-state index in [4.69, 9.17) is 0 Å². The number of piperidine rings is 1. The Labute approximate surface area is 145 Å². The highest BCUT2D eigenvalue weighted by Crippen LogP contribution is 2.22. The Morgan fingerprint density at radius 3 is 2.44 bits per heavy atom. The van der Waals surface area contributed by atoms with Crippen molar-refractivity contribution in [1.82, 2.24) is 14.5 Å². The number of hydrogen-bond donors (Lipinski definition) is 1. The SMILES string of the molecule is O=C(C1CCCCN1)N1CCN(S(=O)(=O)c2ccc(F)cc2F)CC1. The number of benzene rings is 1. The molecule has 0 spiro atoms. The Morgan fingerprint density at radius 2 is 1.84 bits per heavy atom. The summed E-state index contributed by atoms with van der Waals surface area (Å²) in [6.45, 7) is 1.53. The van der Waals surface area contributed by atoms with E-state index < -0.39 is 26.6 Å². The summed E-state index contributed by atoms with van der Waals surface area (Å²) in [7, 11) is -4.05. The maximum absolute atomic E-state index is 13.8. The van der Waals surface area contributed by atoms with Gasteiger partial charge in [-0.1, -0.05) is 6.42 Å². The Bertz CT molecular complexity index is 743. The highest BCUT2D eigenvalue weighted by atomic mass is 32.2. The first-order valence-electron chi connectivity index (χ1n) is 8.37. The lowest BCUT2D eigenvalue weighted by atomic mass is 10.0. The fourth-order valence-electron chi connectivity index (χ4n) is 3.26. The number of amides is 1. The van der Waals surface area contributed by atoms with Gasteiger partial charge in [-0.15, -0.1) is 0 Å². The van der Waals surface area contributed by atoms with Crippen LogP contribution in [-0.2, 0) is 14.8 Å². The molecule has 1 aromatic rings. The first kappa shape index (κ1) is 18.2. The van der Waals surface area contributed by atoms with E-state index in [1.165, 1.54) is 0 Å². The Morgan fingerprint density at radius 1 is 1.12 bits per heavy atom. The fraction of sp³-hybridized carbons (Fsp3) is 0.562. The molecule has 0 radical (unpaired) electrons. The summed E-state index contributed by atoms with van der Waals surface area (Å²) in [5.74, 6) is -1.94. The number of rotatable bonds is 3. The molecule has 1 aromatic carbocycles. The number of nitrogens with zero attached hydrogens (tertiary/aromatic N) is 2. The van der Waals surface area contributed by atoms with E-state index in [0.29, 0.717) is 6.07 Å². The molecule has 1 amide bonds. The maximum atomic E-state index is 13.8. The standard InChI is InChI=1S/C16H21F2N3O3S/c17-12-4-5-15(13(18)11-12)25(23,24)21-9-7-20(8-10-21)16(22)14-3-1-2-6-19-14/h4-5,11,14,19H,1-3,6-10H2. The molecule has 0 aliphatic carbocycles. The highest BCUT2D eigenvalue weighted by molar-refractivity contribution is 7.89. The van der Waals surface area contributed by atoms with Crippen LogP contribution >= 0.6 is 0 Å². The number of carbonyl (C=O) groups excluding carboxylic acids is 1. The molecule has 138 valence electrons. The van der Waals surface area contributed by atoms with Gasteiger partial charge in [0.15, 0.2) is 0 Å². The minimum Gasteiger partial charge on any atom is -0.339 e. The zero-order valence-electron chi connectivity index (χ0n) is 13.7. The van der Waals surface area contributed by atoms with Gasteiger partial charge in [-0.25, -0.2) is 17.2 Å². The second-order valence-corrected chi connectivity index (χ2v) is 8.21. The first-order chi connectivity index (χ1) is 11.9. The third-order valence-corrected chi connectivity index (χ3v) is 6.60. The number of carbonyl (C=O) groups is 1. The van der Waals surface area contributed by atoms with Crippen molar-refractivity contribution in [2.24, 2.45) is 0 Å². The van der Waals surface area contributed by atoms with Crippen LogP contribution in [0.4, 0.5) is 8.78 Å². The lowest BCUT2D eigenvalue weighted by Crippen LogP contribution is -2.55.